The predicted octanol–water partition coefficient (Wildman–Crippen LogP) is 3.70. The van der Waals surface area contributed by atoms with Crippen molar-refractivity contribution in [2.75, 3.05) is 0 Å². The van der Waals surface area contributed by atoms with E-state index in [2.05, 4.69) is 56.6 Å². The summed E-state index contributed by atoms with van der Waals surface area (Å²) in [7, 11) is 0. The lowest BCUT2D eigenvalue weighted by molar-refractivity contribution is -0.692. The Bertz CT molecular complexity index is 1020. The topological polar surface area (TPSA) is 90.8 Å². The van der Waals surface area contributed by atoms with Crippen molar-refractivity contribution in [3.63, 3.8) is 0 Å². The van der Waals surface area contributed by atoms with Crippen LogP contribution in [0, 0.1) is 16.5 Å². The summed E-state index contributed by atoms with van der Waals surface area (Å²) in [6, 6.07) is 5.30. The molecule has 0 fully saturated rings. The van der Waals surface area contributed by atoms with E-state index >= 15 is 0 Å². The van der Waals surface area contributed by atoms with Crippen LogP contribution < -0.4 is 4.60 Å². The molecule has 0 spiro atoms. The Labute approximate surface area is 142 Å². The highest BCUT2D eigenvalue weighted by molar-refractivity contribution is 9.10. The molecule has 4 aromatic rings. The third-order valence-corrected chi connectivity index (χ3v) is 3.99. The molecule has 2 aromatic carbocycles. The standard InChI is InChI=1S/C6H3BrFN2O2.C6H2BrFN2O/c7-3-1-5-6(2-4(3)8)10(11)12-9-5;7-3-1-5-6(2-4(3)8)10-11-9-5/h1-2,9H;1-2H/q+1;. The Morgan fingerprint density at radius 1 is 1.00 bits per heavy atom. The van der Waals surface area contributed by atoms with Gasteiger partial charge in [-0.3, -0.25) is 0 Å². The second-order valence-corrected chi connectivity index (χ2v) is 5.96. The van der Waals surface area contributed by atoms with Crippen LogP contribution >= 0.6 is 31.9 Å². The summed E-state index contributed by atoms with van der Waals surface area (Å²) in [5.74, 6) is -0.866. The van der Waals surface area contributed by atoms with Crippen LogP contribution in [0.1, 0.15) is 0 Å². The van der Waals surface area contributed by atoms with Gasteiger partial charge in [-0.05, 0) is 53.1 Å². The molecular formula is C12H5Br2F2N4O3+. The summed E-state index contributed by atoms with van der Waals surface area (Å²) in [5, 5.41) is 9.35. The number of H-pyrrole nitrogens is 1. The SMILES string of the molecule is Fc1cc2nonc2cc1Br.O=[n+]1o[nH]c2cc(Br)c(F)cc21. The number of benzene rings is 2. The third-order valence-electron chi connectivity index (χ3n) is 2.77. The third kappa shape index (κ3) is 3.15. The molecule has 0 amide bonds. The van der Waals surface area contributed by atoms with Crippen LogP contribution in [0.15, 0.2) is 42.5 Å². The minimum Gasteiger partial charge on any atom is -0.243 e. The number of rotatable bonds is 0. The summed E-state index contributed by atoms with van der Waals surface area (Å²) in [5.41, 5.74) is 1.54. The van der Waals surface area contributed by atoms with E-state index in [1.165, 1.54) is 18.2 Å². The van der Waals surface area contributed by atoms with Gasteiger partial charge in [-0.25, -0.2) is 13.4 Å². The average Bonchev–Trinajstić information content (AvgIpc) is 3.09. The molecule has 0 aliphatic heterocycles. The highest BCUT2D eigenvalue weighted by Crippen LogP contribution is 2.20. The van der Waals surface area contributed by atoms with E-state index < -0.39 is 5.82 Å². The van der Waals surface area contributed by atoms with Crippen molar-refractivity contribution in [3.05, 3.63) is 49.8 Å². The molecule has 2 aromatic heterocycles. The number of aromatic amines is 1. The molecule has 7 nitrogen and oxygen atoms in total. The molecule has 23 heavy (non-hydrogen) atoms. The van der Waals surface area contributed by atoms with E-state index in [1.807, 2.05) is 0 Å². The van der Waals surface area contributed by atoms with E-state index in [4.69, 9.17) is 0 Å². The van der Waals surface area contributed by atoms with Gasteiger partial charge in [0, 0.05) is 18.2 Å². The van der Waals surface area contributed by atoms with Crippen LogP contribution in [0.3, 0.4) is 0 Å². The summed E-state index contributed by atoms with van der Waals surface area (Å²) in [4.78, 5) is 10.8. The predicted molar refractivity (Wildman–Crippen MR) is 81.1 cm³/mol. The van der Waals surface area contributed by atoms with Crippen molar-refractivity contribution < 1.29 is 22.6 Å². The Morgan fingerprint density at radius 2 is 1.61 bits per heavy atom. The molecule has 0 atom stereocenters. The van der Waals surface area contributed by atoms with Gasteiger partial charge in [0.15, 0.2) is 4.60 Å². The Balaban J connectivity index is 0.000000136. The first-order valence-corrected chi connectivity index (χ1v) is 7.51. The van der Waals surface area contributed by atoms with Crippen LogP contribution in [0.25, 0.3) is 22.1 Å². The normalized spacial score (nSPS) is 10.8. The molecular weight excluding hydrogens is 446 g/mol. The molecule has 0 aliphatic carbocycles. The lowest BCUT2D eigenvalue weighted by atomic mass is 10.3. The van der Waals surface area contributed by atoms with Gasteiger partial charge < -0.3 is 0 Å². The van der Waals surface area contributed by atoms with Gasteiger partial charge in [-0.15, -0.1) is 0 Å². The van der Waals surface area contributed by atoms with Gasteiger partial charge in [0.1, 0.15) is 22.7 Å². The maximum Gasteiger partial charge on any atom is 0.275 e. The molecule has 2 heterocycles. The number of fused-ring (bicyclic) bond motifs is 2. The molecule has 0 aliphatic rings. The average molecular weight is 451 g/mol. The molecule has 0 radical (unpaired) electrons. The highest BCUT2D eigenvalue weighted by Gasteiger charge is 2.13. The second kappa shape index (κ2) is 6.16. The summed E-state index contributed by atoms with van der Waals surface area (Å²) in [6.07, 6.45) is 0. The Morgan fingerprint density at radius 3 is 2.35 bits per heavy atom. The van der Waals surface area contributed by atoms with Gasteiger partial charge in [0.25, 0.3) is 5.52 Å². The van der Waals surface area contributed by atoms with Crippen LogP contribution in [0.5, 0.6) is 0 Å². The lowest BCUT2D eigenvalue weighted by Crippen LogP contribution is -2.08. The maximum absolute atomic E-state index is 12.9. The smallest absolute Gasteiger partial charge is 0.243 e. The molecule has 0 saturated heterocycles. The summed E-state index contributed by atoms with van der Waals surface area (Å²) >= 11 is 5.99. The maximum atomic E-state index is 12.9. The van der Waals surface area contributed by atoms with Gasteiger partial charge in [-0.2, -0.15) is 0 Å². The van der Waals surface area contributed by atoms with Crippen molar-refractivity contribution in [1.29, 1.82) is 0 Å². The first kappa shape index (κ1) is 15.7. The van der Waals surface area contributed by atoms with E-state index in [0.717, 1.165) is 6.07 Å². The second-order valence-electron chi connectivity index (χ2n) is 4.25. The quantitative estimate of drug-likeness (QED) is 0.441. The van der Waals surface area contributed by atoms with Gasteiger partial charge in [0.05, 0.1) is 8.95 Å². The molecule has 11 heteroatoms. The van der Waals surface area contributed by atoms with Gasteiger partial charge in [0.2, 0.25) is 5.52 Å². The van der Waals surface area contributed by atoms with Crippen molar-refractivity contribution in [2.45, 2.75) is 0 Å². The summed E-state index contributed by atoms with van der Waals surface area (Å²) in [6.45, 7) is 0. The molecule has 4 rings (SSSR count). The van der Waals surface area contributed by atoms with Crippen molar-refractivity contribution in [1.82, 2.24) is 15.5 Å². The summed E-state index contributed by atoms with van der Waals surface area (Å²) < 4.78 is 35.2. The molecule has 0 bridgehead atoms. The fourth-order valence-corrected chi connectivity index (χ4v) is 2.36. The van der Waals surface area contributed by atoms with Gasteiger partial charge in [-0.1, -0.05) is 9.79 Å². The van der Waals surface area contributed by atoms with E-state index in [9.17, 15) is 13.7 Å². The van der Waals surface area contributed by atoms with E-state index in [1.54, 1.807) is 0 Å². The van der Waals surface area contributed by atoms with Crippen LogP contribution in [0.2, 0.25) is 0 Å². The number of nitrogens with zero attached hydrogens (tertiary/aromatic N) is 3. The van der Waals surface area contributed by atoms with Crippen molar-refractivity contribution in [3.8, 4) is 0 Å². The number of aromatic nitrogens is 4. The van der Waals surface area contributed by atoms with Crippen LogP contribution in [-0.2, 0) is 0 Å². The van der Waals surface area contributed by atoms with E-state index in [0.29, 0.717) is 21.0 Å². The number of hydrogen-bond donors (Lipinski definition) is 1. The largest absolute Gasteiger partial charge is 0.275 e. The fourth-order valence-electron chi connectivity index (χ4n) is 1.69. The zero-order chi connectivity index (χ0) is 16.6. The molecule has 1 N–H and O–H groups in total. The zero-order valence-electron chi connectivity index (χ0n) is 10.9. The van der Waals surface area contributed by atoms with E-state index in [-0.39, 0.29) is 20.4 Å². The monoisotopic (exact) mass is 449 g/mol. The first-order chi connectivity index (χ1) is 11.0. The highest BCUT2D eigenvalue weighted by atomic mass is 79.9. The Hall–Kier alpha value is -2.14. The lowest BCUT2D eigenvalue weighted by Gasteiger charge is -1.89. The molecule has 0 saturated carbocycles. The number of halogens is 4. The Kier molecular flexibility index (Phi) is 4.22. The van der Waals surface area contributed by atoms with Crippen LogP contribution in [0.4, 0.5) is 8.78 Å². The fraction of sp³-hybridized carbons (Fsp3) is 0. The van der Waals surface area contributed by atoms with Gasteiger partial charge >= 0.3 is 0 Å². The first-order valence-electron chi connectivity index (χ1n) is 5.92. The number of hydrogen-bond acceptors (Lipinski definition) is 5. The minimum atomic E-state index is -0.498. The minimum absolute atomic E-state index is 0.135. The molecule has 118 valence electrons. The number of nitrogens with one attached hydrogen (secondary N) is 1. The zero-order valence-corrected chi connectivity index (χ0v) is 14.1. The van der Waals surface area contributed by atoms with Crippen LogP contribution in [-0.4, -0.2) is 15.5 Å². The van der Waals surface area contributed by atoms with Crippen molar-refractivity contribution in [2.24, 2.45) is 0 Å². The molecule has 0 unspecified atom stereocenters. The van der Waals surface area contributed by atoms with Crippen molar-refractivity contribution >= 4 is 53.9 Å².